The number of aliphatic hydroxyl groups is 1. The third-order valence-corrected chi connectivity index (χ3v) is 4.19. The van der Waals surface area contributed by atoms with Crippen LogP contribution in [0.3, 0.4) is 0 Å². The molecular weight excluding hydrogens is 284 g/mol. The summed E-state index contributed by atoms with van der Waals surface area (Å²) in [7, 11) is 0. The van der Waals surface area contributed by atoms with Gasteiger partial charge >= 0.3 is 0 Å². The van der Waals surface area contributed by atoms with Gasteiger partial charge in [-0.2, -0.15) is 0 Å². The molecular formula is C13H15BrO3. The molecule has 0 aromatic heterocycles. The molecule has 0 fully saturated rings. The Hall–Kier alpha value is -0.740. The van der Waals surface area contributed by atoms with E-state index in [4.69, 9.17) is 9.47 Å². The van der Waals surface area contributed by atoms with Crippen LogP contribution in [0.2, 0.25) is 0 Å². The molecule has 2 aliphatic heterocycles. The summed E-state index contributed by atoms with van der Waals surface area (Å²) in [5.74, 6) is 1.75. The van der Waals surface area contributed by atoms with E-state index in [0.717, 1.165) is 45.5 Å². The molecule has 2 heterocycles. The van der Waals surface area contributed by atoms with Crippen LogP contribution in [0, 0.1) is 0 Å². The molecule has 0 unspecified atom stereocenters. The van der Waals surface area contributed by atoms with E-state index in [2.05, 4.69) is 15.9 Å². The number of ether oxygens (including phenoxy) is 2. The Kier molecular flexibility index (Phi) is 2.42. The molecule has 0 saturated carbocycles. The normalized spacial score (nSPS) is 17.4. The minimum atomic E-state index is -0.896. The molecule has 0 bridgehead atoms. The molecule has 0 radical (unpaired) electrons. The van der Waals surface area contributed by atoms with Crippen molar-refractivity contribution in [2.24, 2.45) is 0 Å². The summed E-state index contributed by atoms with van der Waals surface area (Å²) < 4.78 is 12.4. The highest BCUT2D eigenvalue weighted by Gasteiger charge is 2.36. The molecule has 0 amide bonds. The van der Waals surface area contributed by atoms with Crippen LogP contribution >= 0.6 is 15.9 Å². The predicted octanol–water partition coefficient (Wildman–Crippen LogP) is 2.55. The van der Waals surface area contributed by atoms with Gasteiger partial charge in [0, 0.05) is 29.5 Å². The molecule has 92 valence electrons. The Morgan fingerprint density at radius 1 is 1.06 bits per heavy atom. The van der Waals surface area contributed by atoms with Gasteiger partial charge in [0.05, 0.1) is 23.3 Å². The number of hydrogen-bond acceptors (Lipinski definition) is 3. The van der Waals surface area contributed by atoms with Gasteiger partial charge in [-0.15, -0.1) is 0 Å². The van der Waals surface area contributed by atoms with Gasteiger partial charge in [0.1, 0.15) is 11.5 Å². The van der Waals surface area contributed by atoms with Crippen molar-refractivity contribution in [1.29, 1.82) is 0 Å². The maximum absolute atomic E-state index is 10.4. The lowest BCUT2D eigenvalue weighted by Crippen LogP contribution is -2.19. The second-order valence-corrected chi connectivity index (χ2v) is 5.85. The number of fused-ring (bicyclic) bond motifs is 2. The average molecular weight is 299 g/mol. The largest absolute Gasteiger partial charge is 0.492 e. The number of hydrogen-bond donors (Lipinski definition) is 1. The second kappa shape index (κ2) is 3.62. The SMILES string of the molecule is CC(C)(O)c1c2c(c(Br)c3c1OCC3)OCC2. The lowest BCUT2D eigenvalue weighted by molar-refractivity contribution is 0.0746. The smallest absolute Gasteiger partial charge is 0.137 e. The molecule has 0 atom stereocenters. The Labute approximate surface area is 109 Å². The van der Waals surface area contributed by atoms with Crippen molar-refractivity contribution in [2.75, 3.05) is 13.2 Å². The van der Waals surface area contributed by atoms with Gasteiger partial charge in [-0.05, 0) is 29.8 Å². The van der Waals surface area contributed by atoms with Crippen molar-refractivity contribution in [2.45, 2.75) is 32.3 Å². The number of benzene rings is 1. The first kappa shape index (κ1) is 11.4. The van der Waals surface area contributed by atoms with Crippen LogP contribution < -0.4 is 9.47 Å². The number of halogens is 1. The van der Waals surface area contributed by atoms with Crippen molar-refractivity contribution in [1.82, 2.24) is 0 Å². The summed E-state index contributed by atoms with van der Waals surface area (Å²) in [4.78, 5) is 0. The molecule has 0 saturated heterocycles. The molecule has 3 nitrogen and oxygen atoms in total. The van der Waals surface area contributed by atoms with E-state index in [1.165, 1.54) is 0 Å². The van der Waals surface area contributed by atoms with Gasteiger partial charge in [-0.25, -0.2) is 0 Å². The van der Waals surface area contributed by atoms with Crippen LogP contribution in [0.5, 0.6) is 11.5 Å². The molecule has 1 N–H and O–H groups in total. The topological polar surface area (TPSA) is 38.7 Å². The van der Waals surface area contributed by atoms with Crippen LogP contribution in [0.1, 0.15) is 30.5 Å². The zero-order chi connectivity index (χ0) is 12.2. The lowest BCUT2D eigenvalue weighted by atomic mass is 9.89. The maximum Gasteiger partial charge on any atom is 0.137 e. The molecule has 3 rings (SSSR count). The van der Waals surface area contributed by atoms with Crippen LogP contribution in [-0.4, -0.2) is 18.3 Å². The first-order valence-electron chi connectivity index (χ1n) is 5.86. The molecule has 2 aliphatic rings. The summed E-state index contributed by atoms with van der Waals surface area (Å²) in [6.07, 6.45) is 1.71. The molecule has 1 aromatic carbocycles. The van der Waals surface area contributed by atoms with Gasteiger partial charge in [-0.1, -0.05) is 0 Å². The summed E-state index contributed by atoms with van der Waals surface area (Å²) in [5.41, 5.74) is 2.22. The zero-order valence-corrected chi connectivity index (χ0v) is 11.6. The van der Waals surface area contributed by atoms with E-state index >= 15 is 0 Å². The third-order valence-electron chi connectivity index (χ3n) is 3.35. The summed E-state index contributed by atoms with van der Waals surface area (Å²) >= 11 is 3.60. The molecule has 1 aromatic rings. The predicted molar refractivity (Wildman–Crippen MR) is 67.8 cm³/mol. The maximum atomic E-state index is 10.4. The molecule has 0 spiro atoms. The first-order valence-corrected chi connectivity index (χ1v) is 6.65. The fraction of sp³-hybridized carbons (Fsp3) is 0.538. The lowest BCUT2D eigenvalue weighted by Gasteiger charge is -2.24. The van der Waals surface area contributed by atoms with Gasteiger partial charge in [0.15, 0.2) is 0 Å². The van der Waals surface area contributed by atoms with Crippen molar-refractivity contribution >= 4 is 15.9 Å². The highest BCUT2D eigenvalue weighted by Crippen LogP contribution is 2.50. The minimum absolute atomic E-state index is 0.680. The van der Waals surface area contributed by atoms with E-state index in [9.17, 15) is 5.11 Å². The van der Waals surface area contributed by atoms with E-state index in [-0.39, 0.29) is 0 Å². The van der Waals surface area contributed by atoms with Crippen molar-refractivity contribution in [3.05, 3.63) is 21.2 Å². The van der Waals surface area contributed by atoms with Gasteiger partial charge in [0.25, 0.3) is 0 Å². The fourth-order valence-corrected chi connectivity index (χ4v) is 3.43. The minimum Gasteiger partial charge on any atom is -0.492 e. The molecule has 4 heteroatoms. The van der Waals surface area contributed by atoms with Crippen molar-refractivity contribution in [3.63, 3.8) is 0 Å². The summed E-state index contributed by atoms with van der Waals surface area (Å²) in [6, 6.07) is 0. The number of rotatable bonds is 1. The van der Waals surface area contributed by atoms with Gasteiger partial charge in [-0.3, -0.25) is 0 Å². The monoisotopic (exact) mass is 298 g/mol. The van der Waals surface area contributed by atoms with Gasteiger partial charge < -0.3 is 14.6 Å². The first-order chi connectivity index (χ1) is 8.00. The summed E-state index contributed by atoms with van der Waals surface area (Å²) in [5, 5.41) is 10.4. The van der Waals surface area contributed by atoms with E-state index in [1.807, 2.05) is 0 Å². The molecule has 0 aliphatic carbocycles. The van der Waals surface area contributed by atoms with Crippen molar-refractivity contribution < 1.29 is 14.6 Å². The zero-order valence-electron chi connectivity index (χ0n) is 9.97. The highest BCUT2D eigenvalue weighted by atomic mass is 79.9. The van der Waals surface area contributed by atoms with E-state index in [1.54, 1.807) is 13.8 Å². The quantitative estimate of drug-likeness (QED) is 0.866. The standard InChI is InChI=1S/C13H15BrO3/c1-13(2,15)9-7-3-5-17-12(7)10(14)8-4-6-16-11(8)9/h15H,3-6H2,1-2H3. The average Bonchev–Trinajstić information content (AvgIpc) is 2.83. The Bertz CT molecular complexity index is 453. The molecule has 17 heavy (non-hydrogen) atoms. The summed E-state index contributed by atoms with van der Waals surface area (Å²) in [6.45, 7) is 4.97. The van der Waals surface area contributed by atoms with Gasteiger partial charge in [0.2, 0.25) is 0 Å². The highest BCUT2D eigenvalue weighted by molar-refractivity contribution is 9.10. The van der Waals surface area contributed by atoms with Crippen LogP contribution in [0.15, 0.2) is 4.47 Å². The van der Waals surface area contributed by atoms with E-state index < -0.39 is 5.60 Å². The van der Waals surface area contributed by atoms with E-state index in [0.29, 0.717) is 13.2 Å². The Morgan fingerprint density at radius 3 is 2.29 bits per heavy atom. The van der Waals surface area contributed by atoms with Crippen molar-refractivity contribution in [3.8, 4) is 11.5 Å². The van der Waals surface area contributed by atoms with Crippen LogP contribution in [0.25, 0.3) is 0 Å². The fourth-order valence-electron chi connectivity index (χ4n) is 2.70. The third kappa shape index (κ3) is 1.58. The Balaban J connectivity index is 2.34. The second-order valence-electron chi connectivity index (χ2n) is 5.06. The Morgan fingerprint density at radius 2 is 1.65 bits per heavy atom. The van der Waals surface area contributed by atoms with Crippen LogP contribution in [-0.2, 0) is 18.4 Å². The van der Waals surface area contributed by atoms with Crippen LogP contribution in [0.4, 0.5) is 0 Å².